The number of halogens is 2. The first kappa shape index (κ1) is 24.3. The van der Waals surface area contributed by atoms with Gasteiger partial charge < -0.3 is 0 Å². The fourth-order valence-corrected chi connectivity index (χ4v) is 8.13. The molecule has 0 unspecified atom stereocenters. The molecule has 2 aromatic rings. The molecule has 2 atom stereocenters. The van der Waals surface area contributed by atoms with Crippen LogP contribution in [-0.2, 0) is 17.6 Å². The van der Waals surface area contributed by atoms with Crippen LogP contribution in [0.1, 0.15) is 44.7 Å². The van der Waals surface area contributed by atoms with Crippen LogP contribution >= 0.6 is 23.2 Å². The van der Waals surface area contributed by atoms with Crippen molar-refractivity contribution in [2.24, 2.45) is 11.3 Å². The number of hydrogen-bond donors (Lipinski definition) is 0. The molecule has 0 saturated heterocycles. The van der Waals surface area contributed by atoms with Crippen LogP contribution < -0.4 is 0 Å². The van der Waals surface area contributed by atoms with E-state index in [1.165, 1.54) is 29.3 Å². The summed E-state index contributed by atoms with van der Waals surface area (Å²) < 4.78 is 0. The minimum atomic E-state index is -1.46. The molecule has 1 saturated carbocycles. The molecule has 0 heterocycles. The normalized spacial score (nSPS) is 21.8. The van der Waals surface area contributed by atoms with Gasteiger partial charge in [0, 0.05) is 16.0 Å². The molecule has 2 aromatic carbocycles. The average Bonchev–Trinajstić information content (AvgIpc) is 3.08. The van der Waals surface area contributed by atoms with E-state index in [4.69, 9.17) is 23.2 Å². The van der Waals surface area contributed by atoms with Gasteiger partial charge in [-0.05, 0) is 61.1 Å². The first-order valence-corrected chi connectivity index (χ1v) is 15.0. The fourth-order valence-electron chi connectivity index (χ4n) is 5.00. The SMILES string of the molecule is CC[Si](/C=C/[C@]1(Cc2ccc(Cl)cc2)CC[C@@H](Cc2ccc(Cl)cc2)C1=O)(CC)CC. The van der Waals surface area contributed by atoms with Gasteiger partial charge >= 0.3 is 0 Å². The molecular formula is C27H34Cl2OSi. The standard InChI is InChI=1S/C27H34Cl2OSi/c1-4-31(5-2,6-3)18-17-27(20-22-9-13-25(29)14-10-22)16-15-23(26(27)30)19-21-7-11-24(28)12-8-21/h7-14,17-18,23H,4-6,15-16,19-20H2,1-3H3/b18-17+/t23-,27-/m0/s1. The summed E-state index contributed by atoms with van der Waals surface area (Å²) in [6.45, 7) is 6.94. The zero-order valence-electron chi connectivity index (χ0n) is 19.0. The van der Waals surface area contributed by atoms with Crippen LogP contribution in [0.2, 0.25) is 28.2 Å². The third kappa shape index (κ3) is 5.72. The van der Waals surface area contributed by atoms with E-state index in [1.807, 2.05) is 36.4 Å². The largest absolute Gasteiger partial charge is 0.298 e. The molecule has 1 aliphatic rings. The van der Waals surface area contributed by atoms with Gasteiger partial charge in [-0.15, -0.1) is 0 Å². The van der Waals surface area contributed by atoms with Crippen molar-refractivity contribution < 1.29 is 4.79 Å². The Morgan fingerprint density at radius 1 is 0.903 bits per heavy atom. The van der Waals surface area contributed by atoms with E-state index in [2.05, 4.69) is 44.7 Å². The van der Waals surface area contributed by atoms with E-state index in [9.17, 15) is 4.79 Å². The minimum Gasteiger partial charge on any atom is -0.298 e. The molecule has 0 radical (unpaired) electrons. The van der Waals surface area contributed by atoms with Crippen molar-refractivity contribution in [3.05, 3.63) is 81.5 Å². The lowest BCUT2D eigenvalue weighted by molar-refractivity contribution is -0.126. The Hall–Kier alpha value is -1.35. The number of carbonyl (C=O) groups excluding carboxylic acids is 1. The van der Waals surface area contributed by atoms with E-state index >= 15 is 0 Å². The molecule has 0 bridgehead atoms. The molecule has 166 valence electrons. The van der Waals surface area contributed by atoms with E-state index in [0.717, 1.165) is 35.7 Å². The molecule has 31 heavy (non-hydrogen) atoms. The molecule has 3 rings (SSSR count). The van der Waals surface area contributed by atoms with Crippen molar-refractivity contribution in [2.45, 2.75) is 64.6 Å². The highest BCUT2D eigenvalue weighted by atomic mass is 35.5. The van der Waals surface area contributed by atoms with Crippen molar-refractivity contribution in [2.75, 3.05) is 0 Å². The van der Waals surface area contributed by atoms with Gasteiger partial charge in [0.2, 0.25) is 0 Å². The maximum absolute atomic E-state index is 13.9. The number of allylic oxidation sites excluding steroid dienone is 1. The number of carbonyl (C=O) groups is 1. The predicted octanol–water partition coefficient (Wildman–Crippen LogP) is 8.35. The van der Waals surface area contributed by atoms with Gasteiger partial charge in [-0.2, -0.15) is 0 Å². The summed E-state index contributed by atoms with van der Waals surface area (Å²) in [5.41, 5.74) is 4.48. The van der Waals surface area contributed by atoms with Crippen LogP contribution in [-0.4, -0.2) is 13.9 Å². The van der Waals surface area contributed by atoms with Crippen molar-refractivity contribution in [3.63, 3.8) is 0 Å². The zero-order chi connectivity index (χ0) is 22.5. The summed E-state index contributed by atoms with van der Waals surface area (Å²) in [6.07, 6.45) is 5.76. The summed E-state index contributed by atoms with van der Waals surface area (Å²) in [6, 6.07) is 19.6. The highest BCUT2D eigenvalue weighted by Crippen LogP contribution is 2.44. The Balaban J connectivity index is 1.90. The van der Waals surface area contributed by atoms with Crippen LogP contribution in [0.25, 0.3) is 0 Å². The number of benzene rings is 2. The highest BCUT2D eigenvalue weighted by molar-refractivity contribution is 6.84. The third-order valence-electron chi connectivity index (χ3n) is 7.50. The van der Waals surface area contributed by atoms with Gasteiger partial charge in [-0.25, -0.2) is 0 Å². The molecule has 0 N–H and O–H groups in total. The van der Waals surface area contributed by atoms with Crippen LogP contribution in [0, 0.1) is 11.3 Å². The molecule has 0 amide bonds. The molecular weight excluding hydrogens is 439 g/mol. The van der Waals surface area contributed by atoms with Gasteiger partial charge in [-0.3, -0.25) is 4.79 Å². The number of ketones is 1. The maximum atomic E-state index is 13.9. The first-order valence-electron chi connectivity index (χ1n) is 11.6. The topological polar surface area (TPSA) is 17.1 Å². The van der Waals surface area contributed by atoms with Crippen molar-refractivity contribution in [1.82, 2.24) is 0 Å². The molecule has 0 spiro atoms. The second-order valence-electron chi connectivity index (χ2n) is 9.15. The Bertz CT molecular complexity index is 892. The summed E-state index contributed by atoms with van der Waals surface area (Å²) in [7, 11) is -1.46. The average molecular weight is 474 g/mol. The maximum Gasteiger partial charge on any atom is 0.146 e. The van der Waals surface area contributed by atoms with Crippen LogP contribution in [0.3, 0.4) is 0 Å². The van der Waals surface area contributed by atoms with E-state index in [0.29, 0.717) is 5.78 Å². The Morgan fingerprint density at radius 3 is 1.94 bits per heavy atom. The van der Waals surface area contributed by atoms with Crippen molar-refractivity contribution in [1.29, 1.82) is 0 Å². The predicted molar refractivity (Wildman–Crippen MR) is 137 cm³/mol. The number of hydrogen-bond acceptors (Lipinski definition) is 1. The Morgan fingerprint density at radius 2 is 1.42 bits per heavy atom. The van der Waals surface area contributed by atoms with Gasteiger partial charge in [0.25, 0.3) is 0 Å². The number of Topliss-reactive ketones (excluding diaryl/α,β-unsaturated/α-hetero) is 1. The lowest BCUT2D eigenvalue weighted by atomic mass is 9.78. The second-order valence-corrected chi connectivity index (χ2v) is 15.2. The lowest BCUT2D eigenvalue weighted by Gasteiger charge is -2.29. The quantitative estimate of drug-likeness (QED) is 0.335. The molecule has 1 fully saturated rings. The van der Waals surface area contributed by atoms with Gasteiger partial charge in [0.05, 0.1) is 13.5 Å². The lowest BCUT2D eigenvalue weighted by Crippen LogP contribution is -2.33. The minimum absolute atomic E-state index is 0.0686. The smallest absolute Gasteiger partial charge is 0.146 e. The van der Waals surface area contributed by atoms with E-state index < -0.39 is 13.5 Å². The van der Waals surface area contributed by atoms with Crippen molar-refractivity contribution in [3.8, 4) is 0 Å². The number of rotatable bonds is 9. The van der Waals surface area contributed by atoms with Crippen LogP contribution in [0.4, 0.5) is 0 Å². The summed E-state index contributed by atoms with van der Waals surface area (Å²) in [4.78, 5) is 13.9. The third-order valence-corrected chi connectivity index (χ3v) is 13.1. The van der Waals surface area contributed by atoms with Crippen molar-refractivity contribution >= 4 is 37.1 Å². The fraction of sp³-hybridized carbons (Fsp3) is 0.444. The first-order chi connectivity index (χ1) is 14.8. The summed E-state index contributed by atoms with van der Waals surface area (Å²) in [5.74, 6) is 0.471. The van der Waals surface area contributed by atoms with Gasteiger partial charge in [0.1, 0.15) is 5.78 Å². The highest BCUT2D eigenvalue weighted by Gasteiger charge is 2.46. The molecule has 4 heteroatoms. The Kier molecular flexibility index (Phi) is 8.23. The summed E-state index contributed by atoms with van der Waals surface area (Å²) >= 11 is 12.2. The molecule has 1 nitrogen and oxygen atoms in total. The van der Waals surface area contributed by atoms with E-state index in [1.54, 1.807) is 0 Å². The summed E-state index contributed by atoms with van der Waals surface area (Å²) in [5, 5.41) is 1.47. The Labute approximate surface area is 198 Å². The molecule has 0 aliphatic heterocycles. The molecule has 1 aliphatic carbocycles. The monoisotopic (exact) mass is 472 g/mol. The van der Waals surface area contributed by atoms with Crippen LogP contribution in [0.5, 0.6) is 0 Å². The van der Waals surface area contributed by atoms with Crippen LogP contribution in [0.15, 0.2) is 60.3 Å². The zero-order valence-corrected chi connectivity index (χ0v) is 21.5. The second kappa shape index (κ2) is 10.5. The van der Waals surface area contributed by atoms with E-state index in [-0.39, 0.29) is 5.92 Å². The van der Waals surface area contributed by atoms with Gasteiger partial charge in [-0.1, -0.05) is 98.1 Å². The molecule has 0 aromatic heterocycles. The van der Waals surface area contributed by atoms with Gasteiger partial charge in [0.15, 0.2) is 0 Å².